The molecular weight excluding hydrogens is 330 g/mol. The maximum absolute atomic E-state index is 12.7. The van der Waals surface area contributed by atoms with Crippen molar-refractivity contribution in [3.05, 3.63) is 35.4 Å². The summed E-state index contributed by atoms with van der Waals surface area (Å²) in [4.78, 5) is 26.2. The molecule has 0 aliphatic carbocycles. The topological polar surface area (TPSA) is 80.8 Å². The Balaban J connectivity index is 2.10. The highest BCUT2D eigenvalue weighted by atomic mass is 32.2. The molecule has 6 nitrogen and oxygen atoms in total. The zero-order valence-corrected chi connectivity index (χ0v) is 14.8. The number of ether oxygens (including phenoxy) is 1. The first-order chi connectivity index (χ1) is 11.3. The van der Waals surface area contributed by atoms with Gasteiger partial charge in [-0.25, -0.2) is 8.42 Å². The van der Waals surface area contributed by atoms with E-state index in [1.807, 2.05) is 0 Å². The van der Waals surface area contributed by atoms with Crippen molar-refractivity contribution in [2.24, 2.45) is 5.92 Å². The number of piperidine rings is 1. The third-order valence-corrected chi connectivity index (χ3v) is 4.79. The molecule has 1 saturated heterocycles. The standard InChI is InChI=1S/C17H23NO5S/c1-3-23-17(20)15-8-5-9-18(11-15)16(19)14-7-4-6-13(10-14)12-24(2,21)22/h4,6-7,10,15H,3,5,8-9,11-12H2,1-2H3. The van der Waals surface area contributed by atoms with Crippen LogP contribution in [0.2, 0.25) is 0 Å². The fraction of sp³-hybridized carbons (Fsp3) is 0.529. The van der Waals surface area contributed by atoms with E-state index in [0.717, 1.165) is 19.1 Å². The molecule has 1 atom stereocenters. The van der Waals surface area contributed by atoms with Crippen molar-refractivity contribution in [2.75, 3.05) is 26.0 Å². The number of nitrogens with zero attached hydrogens (tertiary/aromatic N) is 1. The summed E-state index contributed by atoms with van der Waals surface area (Å²) >= 11 is 0. The van der Waals surface area contributed by atoms with Crippen LogP contribution in [0.25, 0.3) is 0 Å². The minimum atomic E-state index is -3.16. The van der Waals surface area contributed by atoms with Gasteiger partial charge in [-0.1, -0.05) is 12.1 Å². The highest BCUT2D eigenvalue weighted by molar-refractivity contribution is 7.89. The summed E-state index contributed by atoms with van der Waals surface area (Å²) in [6.07, 6.45) is 2.63. The van der Waals surface area contributed by atoms with E-state index >= 15 is 0 Å². The first kappa shape index (κ1) is 18.4. The largest absolute Gasteiger partial charge is 0.466 e. The molecule has 1 unspecified atom stereocenters. The average Bonchev–Trinajstić information content (AvgIpc) is 2.53. The van der Waals surface area contributed by atoms with Crippen molar-refractivity contribution in [1.29, 1.82) is 0 Å². The Bertz CT molecular complexity index is 713. The van der Waals surface area contributed by atoms with E-state index in [1.165, 1.54) is 0 Å². The second-order valence-electron chi connectivity index (χ2n) is 6.11. The molecule has 1 heterocycles. The zero-order chi connectivity index (χ0) is 17.7. The van der Waals surface area contributed by atoms with E-state index in [1.54, 1.807) is 36.1 Å². The van der Waals surface area contributed by atoms with Crippen molar-refractivity contribution in [1.82, 2.24) is 4.90 Å². The zero-order valence-electron chi connectivity index (χ0n) is 14.0. The minimum Gasteiger partial charge on any atom is -0.466 e. The van der Waals surface area contributed by atoms with Crippen LogP contribution in [0.1, 0.15) is 35.7 Å². The normalized spacial score (nSPS) is 18.2. The maximum Gasteiger partial charge on any atom is 0.310 e. The number of sulfone groups is 1. The maximum atomic E-state index is 12.7. The van der Waals surface area contributed by atoms with Gasteiger partial charge in [-0.3, -0.25) is 9.59 Å². The molecule has 2 rings (SSSR count). The first-order valence-corrected chi connectivity index (χ1v) is 10.1. The quantitative estimate of drug-likeness (QED) is 0.752. The number of esters is 1. The van der Waals surface area contributed by atoms with Gasteiger partial charge in [0.15, 0.2) is 9.84 Å². The van der Waals surface area contributed by atoms with Crippen molar-refractivity contribution >= 4 is 21.7 Å². The first-order valence-electron chi connectivity index (χ1n) is 8.02. The molecule has 1 fully saturated rings. The minimum absolute atomic E-state index is 0.0976. The lowest BCUT2D eigenvalue weighted by Gasteiger charge is -2.31. The molecule has 0 N–H and O–H groups in total. The van der Waals surface area contributed by atoms with E-state index in [0.29, 0.717) is 30.8 Å². The Morgan fingerprint density at radius 1 is 1.33 bits per heavy atom. The molecule has 132 valence electrons. The number of hydrogen-bond donors (Lipinski definition) is 0. The molecule has 0 radical (unpaired) electrons. The van der Waals surface area contributed by atoms with Crippen molar-refractivity contribution < 1.29 is 22.7 Å². The summed E-state index contributed by atoms with van der Waals surface area (Å²) < 4.78 is 27.9. The molecule has 24 heavy (non-hydrogen) atoms. The van der Waals surface area contributed by atoms with Gasteiger partial charge in [0.2, 0.25) is 0 Å². The molecule has 1 aliphatic heterocycles. The van der Waals surface area contributed by atoms with Crippen molar-refractivity contribution in [2.45, 2.75) is 25.5 Å². The molecule has 0 aromatic heterocycles. The smallest absolute Gasteiger partial charge is 0.310 e. The van der Waals surface area contributed by atoms with E-state index in [9.17, 15) is 18.0 Å². The number of carbonyl (C=O) groups is 2. The molecule has 1 aliphatic rings. The average molecular weight is 353 g/mol. The second-order valence-corrected chi connectivity index (χ2v) is 8.25. The van der Waals surface area contributed by atoms with Crippen molar-refractivity contribution in [3.63, 3.8) is 0 Å². The predicted octanol–water partition coefficient (Wildman–Crippen LogP) is 1.65. The summed E-state index contributed by atoms with van der Waals surface area (Å²) in [5.41, 5.74) is 1.03. The summed E-state index contributed by atoms with van der Waals surface area (Å²) in [5.74, 6) is -0.832. The number of carbonyl (C=O) groups excluding carboxylic acids is 2. The predicted molar refractivity (Wildman–Crippen MR) is 90.3 cm³/mol. The third kappa shape index (κ3) is 5.06. The Morgan fingerprint density at radius 2 is 2.08 bits per heavy atom. The van der Waals surface area contributed by atoms with Crippen LogP contribution in [0.5, 0.6) is 0 Å². The van der Waals surface area contributed by atoms with E-state index < -0.39 is 9.84 Å². The van der Waals surface area contributed by atoms with Crippen LogP contribution in [0.4, 0.5) is 0 Å². The Kier molecular flexibility index (Phi) is 5.99. The molecule has 1 amide bonds. The summed E-state index contributed by atoms with van der Waals surface area (Å²) in [6, 6.07) is 6.65. The fourth-order valence-corrected chi connectivity index (χ4v) is 3.68. The molecule has 7 heteroatoms. The monoisotopic (exact) mass is 353 g/mol. The summed E-state index contributed by atoms with van der Waals surface area (Å²) in [5, 5.41) is 0. The van der Waals surface area contributed by atoms with Gasteiger partial charge in [-0.05, 0) is 37.5 Å². The summed E-state index contributed by atoms with van der Waals surface area (Å²) in [7, 11) is -3.16. The van der Waals surface area contributed by atoms with E-state index in [4.69, 9.17) is 4.74 Å². The van der Waals surface area contributed by atoms with E-state index in [2.05, 4.69) is 0 Å². The van der Waals surface area contributed by atoms with Gasteiger partial charge in [0.1, 0.15) is 0 Å². The second kappa shape index (κ2) is 7.79. The highest BCUT2D eigenvalue weighted by Crippen LogP contribution is 2.20. The molecule has 0 bridgehead atoms. The van der Waals surface area contributed by atoms with Gasteiger partial charge < -0.3 is 9.64 Å². The van der Waals surface area contributed by atoms with Gasteiger partial charge in [0, 0.05) is 24.9 Å². The molecule has 0 saturated carbocycles. The SMILES string of the molecule is CCOC(=O)C1CCCN(C(=O)c2cccc(CS(C)(=O)=O)c2)C1. The Labute approximate surface area is 142 Å². The molecule has 0 spiro atoms. The van der Waals surface area contributed by atoms with Crippen LogP contribution in [0.15, 0.2) is 24.3 Å². The number of rotatable bonds is 5. The Morgan fingerprint density at radius 3 is 2.75 bits per heavy atom. The van der Waals surface area contributed by atoms with Crippen LogP contribution in [0.3, 0.4) is 0 Å². The van der Waals surface area contributed by atoms with Crippen LogP contribution in [-0.2, 0) is 25.1 Å². The van der Waals surface area contributed by atoms with Gasteiger partial charge in [0.05, 0.1) is 18.3 Å². The van der Waals surface area contributed by atoms with Gasteiger partial charge in [-0.2, -0.15) is 0 Å². The van der Waals surface area contributed by atoms with Crippen LogP contribution in [-0.4, -0.2) is 51.1 Å². The lowest BCUT2D eigenvalue weighted by Crippen LogP contribution is -2.42. The van der Waals surface area contributed by atoms with Gasteiger partial charge >= 0.3 is 5.97 Å². The fourth-order valence-electron chi connectivity index (χ4n) is 2.89. The van der Waals surface area contributed by atoms with Gasteiger partial charge in [-0.15, -0.1) is 0 Å². The number of benzene rings is 1. The molecule has 1 aromatic rings. The molecular formula is C17H23NO5S. The van der Waals surface area contributed by atoms with Crippen LogP contribution in [0, 0.1) is 5.92 Å². The lowest BCUT2D eigenvalue weighted by molar-refractivity contribution is -0.149. The number of amides is 1. The van der Waals surface area contributed by atoms with Gasteiger partial charge in [0.25, 0.3) is 5.91 Å². The number of likely N-dealkylation sites (tertiary alicyclic amines) is 1. The lowest BCUT2D eigenvalue weighted by atomic mass is 9.97. The van der Waals surface area contributed by atoms with Crippen LogP contribution < -0.4 is 0 Å². The van der Waals surface area contributed by atoms with E-state index in [-0.39, 0.29) is 23.5 Å². The Hall–Kier alpha value is -1.89. The summed E-state index contributed by atoms with van der Waals surface area (Å²) in [6.45, 7) is 3.02. The van der Waals surface area contributed by atoms with Crippen molar-refractivity contribution in [3.8, 4) is 0 Å². The molecule has 1 aromatic carbocycles. The third-order valence-electron chi connectivity index (χ3n) is 3.93. The highest BCUT2D eigenvalue weighted by Gasteiger charge is 2.29. The van der Waals surface area contributed by atoms with Crippen LogP contribution >= 0.6 is 0 Å². The number of hydrogen-bond acceptors (Lipinski definition) is 5.